The summed E-state index contributed by atoms with van der Waals surface area (Å²) >= 11 is 1.59. The summed E-state index contributed by atoms with van der Waals surface area (Å²) in [5.74, 6) is 0.933. The van der Waals surface area contributed by atoms with Crippen LogP contribution in [0, 0.1) is 6.92 Å². The number of thioether (sulfide) groups is 1. The third-order valence-electron chi connectivity index (χ3n) is 5.47. The van der Waals surface area contributed by atoms with Gasteiger partial charge in [-0.3, -0.25) is 9.59 Å². The van der Waals surface area contributed by atoms with Crippen LogP contribution in [0.2, 0.25) is 0 Å². The number of hydrogen-bond acceptors (Lipinski definition) is 3. The molecule has 0 saturated heterocycles. The minimum atomic E-state index is -0.586. The molecule has 0 fully saturated rings. The van der Waals surface area contributed by atoms with Crippen molar-refractivity contribution in [2.75, 3.05) is 5.75 Å². The molecule has 0 aliphatic carbocycles. The van der Waals surface area contributed by atoms with Crippen molar-refractivity contribution >= 4 is 23.6 Å². The second-order valence-electron chi connectivity index (χ2n) is 8.86. The van der Waals surface area contributed by atoms with Gasteiger partial charge in [0.2, 0.25) is 11.8 Å². The number of amides is 2. The summed E-state index contributed by atoms with van der Waals surface area (Å²) < 4.78 is 0. The number of aryl methyl sites for hydroxylation is 1. The molecule has 2 amide bonds. The lowest BCUT2D eigenvalue weighted by molar-refractivity contribution is -0.139. The molecular formula is C29H34N2O2S. The Morgan fingerprint density at radius 1 is 0.853 bits per heavy atom. The molecule has 0 aliphatic rings. The number of hydrogen-bond donors (Lipinski definition) is 1. The molecule has 0 radical (unpaired) electrons. The highest BCUT2D eigenvalue weighted by atomic mass is 32.2. The van der Waals surface area contributed by atoms with Crippen LogP contribution in [0.1, 0.15) is 36.1 Å². The van der Waals surface area contributed by atoms with Crippen LogP contribution in [0.15, 0.2) is 84.9 Å². The van der Waals surface area contributed by atoms with Gasteiger partial charge in [0.05, 0.1) is 5.75 Å². The van der Waals surface area contributed by atoms with E-state index < -0.39 is 6.04 Å². The zero-order valence-corrected chi connectivity index (χ0v) is 21.1. The molecule has 3 aromatic carbocycles. The molecule has 3 aromatic rings. The van der Waals surface area contributed by atoms with Crippen LogP contribution in [0.4, 0.5) is 0 Å². The Morgan fingerprint density at radius 3 is 2.09 bits per heavy atom. The highest BCUT2D eigenvalue weighted by Crippen LogP contribution is 2.19. The van der Waals surface area contributed by atoms with Gasteiger partial charge < -0.3 is 10.2 Å². The maximum atomic E-state index is 13.6. The molecule has 0 aliphatic heterocycles. The molecular weight excluding hydrogens is 440 g/mol. The van der Waals surface area contributed by atoms with E-state index in [1.807, 2.05) is 80.6 Å². The SMILES string of the molecule is Cc1cccc(CSCC(=O)N(Cc2ccccc2)[C@H](Cc2ccccc2)C(=O)NC(C)C)c1. The lowest BCUT2D eigenvalue weighted by Crippen LogP contribution is -2.52. The summed E-state index contributed by atoms with van der Waals surface area (Å²) in [4.78, 5) is 28.6. The summed E-state index contributed by atoms with van der Waals surface area (Å²) in [7, 11) is 0. The molecule has 1 atom stereocenters. The van der Waals surface area contributed by atoms with Crippen molar-refractivity contribution in [2.45, 2.75) is 51.6 Å². The Balaban J connectivity index is 1.82. The zero-order valence-electron chi connectivity index (χ0n) is 20.2. The molecule has 4 nitrogen and oxygen atoms in total. The van der Waals surface area contributed by atoms with Gasteiger partial charge in [0.1, 0.15) is 6.04 Å². The Labute approximate surface area is 207 Å². The van der Waals surface area contributed by atoms with Gasteiger partial charge in [0, 0.05) is 24.8 Å². The van der Waals surface area contributed by atoms with E-state index in [-0.39, 0.29) is 17.9 Å². The summed E-state index contributed by atoms with van der Waals surface area (Å²) in [5.41, 5.74) is 4.45. The summed E-state index contributed by atoms with van der Waals surface area (Å²) in [6.45, 7) is 6.35. The largest absolute Gasteiger partial charge is 0.352 e. The first kappa shape index (κ1) is 25.6. The quantitative estimate of drug-likeness (QED) is 0.405. The van der Waals surface area contributed by atoms with Crippen molar-refractivity contribution in [3.05, 3.63) is 107 Å². The van der Waals surface area contributed by atoms with Crippen LogP contribution in [-0.2, 0) is 28.3 Å². The highest BCUT2D eigenvalue weighted by molar-refractivity contribution is 7.99. The summed E-state index contributed by atoms with van der Waals surface area (Å²) in [6.07, 6.45) is 0.473. The average Bonchev–Trinajstić information content (AvgIpc) is 2.82. The van der Waals surface area contributed by atoms with Gasteiger partial charge in [-0.1, -0.05) is 90.5 Å². The topological polar surface area (TPSA) is 49.4 Å². The van der Waals surface area contributed by atoms with Gasteiger partial charge in [-0.25, -0.2) is 0 Å². The summed E-state index contributed by atoms with van der Waals surface area (Å²) in [6, 6.07) is 27.5. The smallest absolute Gasteiger partial charge is 0.243 e. The van der Waals surface area contributed by atoms with Crippen LogP contribution < -0.4 is 5.32 Å². The van der Waals surface area contributed by atoms with Gasteiger partial charge >= 0.3 is 0 Å². The molecule has 3 rings (SSSR count). The molecule has 1 N–H and O–H groups in total. The molecule has 0 saturated carbocycles. The molecule has 0 spiro atoms. The normalized spacial score (nSPS) is 11.8. The monoisotopic (exact) mass is 474 g/mol. The van der Waals surface area contributed by atoms with Crippen LogP contribution in [0.3, 0.4) is 0 Å². The minimum absolute atomic E-state index is 0.00449. The summed E-state index contributed by atoms with van der Waals surface area (Å²) in [5, 5.41) is 3.03. The van der Waals surface area contributed by atoms with Crippen LogP contribution in [-0.4, -0.2) is 34.6 Å². The van der Waals surface area contributed by atoms with E-state index in [2.05, 4.69) is 30.4 Å². The Morgan fingerprint density at radius 2 is 1.47 bits per heavy atom. The Kier molecular flexibility index (Phi) is 9.77. The lowest BCUT2D eigenvalue weighted by Gasteiger charge is -2.32. The fourth-order valence-electron chi connectivity index (χ4n) is 3.86. The number of carbonyl (C=O) groups excluding carboxylic acids is 2. The standard InChI is InChI=1S/C29H34N2O2S/c1-22(2)30-29(33)27(18-24-12-6-4-7-13-24)31(19-25-14-8-5-9-15-25)28(32)21-34-20-26-16-10-11-23(3)17-26/h4-17,22,27H,18-21H2,1-3H3,(H,30,33)/t27-/m1/s1. The van der Waals surface area contributed by atoms with Gasteiger partial charge in [-0.2, -0.15) is 0 Å². The van der Waals surface area contributed by atoms with Gasteiger partial charge in [-0.05, 0) is 37.5 Å². The van der Waals surface area contributed by atoms with E-state index in [1.54, 1.807) is 16.7 Å². The molecule has 34 heavy (non-hydrogen) atoms. The number of nitrogens with one attached hydrogen (secondary N) is 1. The Bertz CT molecular complexity index is 1050. The van der Waals surface area contributed by atoms with Crippen LogP contribution in [0.25, 0.3) is 0 Å². The second-order valence-corrected chi connectivity index (χ2v) is 9.84. The second kappa shape index (κ2) is 13.0. The third kappa shape index (κ3) is 8.07. The molecule has 0 bridgehead atoms. The zero-order chi connectivity index (χ0) is 24.3. The number of rotatable bonds is 11. The fourth-order valence-corrected chi connectivity index (χ4v) is 4.71. The van der Waals surface area contributed by atoms with E-state index in [1.165, 1.54) is 11.1 Å². The van der Waals surface area contributed by atoms with Crippen molar-refractivity contribution < 1.29 is 9.59 Å². The van der Waals surface area contributed by atoms with Gasteiger partial charge in [-0.15, -0.1) is 11.8 Å². The fraction of sp³-hybridized carbons (Fsp3) is 0.310. The highest BCUT2D eigenvalue weighted by Gasteiger charge is 2.30. The van der Waals surface area contributed by atoms with E-state index in [0.717, 1.165) is 16.9 Å². The van der Waals surface area contributed by atoms with Crippen molar-refractivity contribution in [3.63, 3.8) is 0 Å². The molecule has 0 unspecified atom stereocenters. The van der Waals surface area contributed by atoms with Crippen LogP contribution in [0.5, 0.6) is 0 Å². The molecule has 5 heteroatoms. The predicted molar refractivity (Wildman–Crippen MR) is 142 cm³/mol. The Hall–Kier alpha value is -3.05. The molecule has 178 valence electrons. The molecule has 0 aromatic heterocycles. The van der Waals surface area contributed by atoms with Crippen molar-refractivity contribution in [1.29, 1.82) is 0 Å². The first-order chi connectivity index (χ1) is 16.4. The van der Waals surface area contributed by atoms with E-state index >= 15 is 0 Å². The first-order valence-electron chi connectivity index (χ1n) is 11.7. The first-order valence-corrected chi connectivity index (χ1v) is 12.9. The lowest BCUT2D eigenvalue weighted by atomic mass is 10.0. The van der Waals surface area contributed by atoms with Crippen molar-refractivity contribution in [3.8, 4) is 0 Å². The maximum Gasteiger partial charge on any atom is 0.243 e. The van der Waals surface area contributed by atoms with Gasteiger partial charge in [0.25, 0.3) is 0 Å². The third-order valence-corrected chi connectivity index (χ3v) is 6.46. The van der Waals surface area contributed by atoms with Gasteiger partial charge in [0.15, 0.2) is 0 Å². The number of carbonyl (C=O) groups is 2. The number of benzene rings is 3. The minimum Gasteiger partial charge on any atom is -0.352 e. The predicted octanol–water partition coefficient (Wildman–Crippen LogP) is 5.39. The van der Waals surface area contributed by atoms with Crippen LogP contribution >= 0.6 is 11.8 Å². The molecule has 0 heterocycles. The number of nitrogens with zero attached hydrogens (tertiary/aromatic N) is 1. The van der Waals surface area contributed by atoms with Crippen molar-refractivity contribution in [1.82, 2.24) is 10.2 Å². The van der Waals surface area contributed by atoms with Crippen molar-refractivity contribution in [2.24, 2.45) is 0 Å². The maximum absolute atomic E-state index is 13.6. The van der Waals surface area contributed by atoms with E-state index in [0.29, 0.717) is 18.7 Å². The average molecular weight is 475 g/mol. The van der Waals surface area contributed by atoms with E-state index in [9.17, 15) is 9.59 Å². The van der Waals surface area contributed by atoms with E-state index in [4.69, 9.17) is 0 Å².